The molecule has 2 rings (SSSR count). The molecule has 4 nitrogen and oxygen atoms in total. The van der Waals surface area contributed by atoms with E-state index >= 15 is 0 Å². The Morgan fingerprint density at radius 2 is 2.07 bits per heavy atom. The Kier molecular flexibility index (Phi) is 1.85. The van der Waals surface area contributed by atoms with Gasteiger partial charge in [-0.05, 0) is 11.4 Å². The molecule has 0 bridgehead atoms. The van der Waals surface area contributed by atoms with Gasteiger partial charge in [0.05, 0.1) is 18.6 Å². The van der Waals surface area contributed by atoms with Crippen LogP contribution in [0.3, 0.4) is 0 Å². The maximum absolute atomic E-state index is 9.83. The Hall–Kier alpha value is -1.36. The van der Waals surface area contributed by atoms with E-state index in [0.29, 0.717) is 5.71 Å². The summed E-state index contributed by atoms with van der Waals surface area (Å²) in [5, 5.41) is 21.3. The summed E-state index contributed by atoms with van der Waals surface area (Å²) in [6.07, 6.45) is 1.52. The molecule has 1 aromatic rings. The second kappa shape index (κ2) is 2.81. The van der Waals surface area contributed by atoms with Crippen molar-refractivity contribution in [3.05, 3.63) is 22.4 Å². The predicted molar refractivity (Wildman–Crippen MR) is 52.7 cm³/mol. The first-order valence-corrected chi connectivity index (χ1v) is 5.14. The van der Waals surface area contributed by atoms with Gasteiger partial charge in [-0.1, -0.05) is 6.07 Å². The third-order valence-electron chi connectivity index (χ3n) is 2.33. The fourth-order valence-corrected chi connectivity index (χ4v) is 2.03. The highest BCUT2D eigenvalue weighted by Gasteiger charge is 2.53. The molecule has 1 aromatic heterocycles. The molecule has 0 unspecified atom stereocenters. The Bertz CT molecular complexity index is 418. The number of rotatable bonds is 1. The van der Waals surface area contributed by atoms with Gasteiger partial charge in [-0.3, -0.25) is 10.4 Å². The fourth-order valence-electron chi connectivity index (χ4n) is 1.31. The van der Waals surface area contributed by atoms with Crippen LogP contribution >= 0.6 is 11.3 Å². The van der Waals surface area contributed by atoms with Crippen molar-refractivity contribution in [1.82, 2.24) is 0 Å². The van der Waals surface area contributed by atoms with Crippen LogP contribution in [0.5, 0.6) is 0 Å². The lowest BCUT2D eigenvalue weighted by Gasteiger charge is -2.02. The maximum atomic E-state index is 9.83. The number of thiophene rings is 1. The van der Waals surface area contributed by atoms with Crippen molar-refractivity contribution in [3.63, 3.8) is 0 Å². The second-order valence-electron chi connectivity index (χ2n) is 3.64. The van der Waals surface area contributed by atoms with E-state index in [9.17, 15) is 10.4 Å². The van der Waals surface area contributed by atoms with Crippen LogP contribution in [0.25, 0.3) is 0 Å². The summed E-state index contributed by atoms with van der Waals surface area (Å²) >= 11 is 1.52. The molecule has 5 heteroatoms. The Morgan fingerprint density at radius 1 is 1.36 bits per heavy atom. The minimum absolute atomic E-state index is 0.618. The van der Waals surface area contributed by atoms with Crippen molar-refractivity contribution in [2.24, 2.45) is 0 Å². The van der Waals surface area contributed by atoms with E-state index in [1.165, 1.54) is 17.6 Å². The second-order valence-corrected chi connectivity index (χ2v) is 4.59. The van der Waals surface area contributed by atoms with Crippen LogP contribution in [-0.4, -0.2) is 37.5 Å². The van der Waals surface area contributed by atoms with Crippen LogP contribution in [0.1, 0.15) is 18.7 Å². The summed E-state index contributed by atoms with van der Waals surface area (Å²) < 4.78 is 2.07. The average Bonchev–Trinajstić information content (AvgIpc) is 2.69. The topological polar surface area (TPSA) is 46.5 Å². The van der Waals surface area contributed by atoms with Crippen LogP contribution in [0.15, 0.2) is 17.5 Å². The van der Waals surface area contributed by atoms with E-state index in [-0.39, 0.29) is 0 Å². The highest BCUT2D eigenvalue weighted by Crippen LogP contribution is 2.17. The number of nitrogens with zero attached hydrogens (tertiary/aromatic N) is 2. The molecular formula is C9H12N2O2S+2. The van der Waals surface area contributed by atoms with E-state index in [4.69, 9.17) is 0 Å². The summed E-state index contributed by atoms with van der Waals surface area (Å²) in [4.78, 5) is 0.928. The largest absolute Gasteiger partial charge is 0.435 e. The predicted octanol–water partition coefficient (Wildman–Crippen LogP) is 1.16. The van der Waals surface area contributed by atoms with Gasteiger partial charge >= 0.3 is 17.6 Å². The quantitative estimate of drug-likeness (QED) is 0.542. The first-order chi connectivity index (χ1) is 6.53. The van der Waals surface area contributed by atoms with Gasteiger partial charge in [0, 0.05) is 4.74 Å². The monoisotopic (exact) mass is 212 g/mol. The van der Waals surface area contributed by atoms with Crippen LogP contribution in [-0.2, 0) is 0 Å². The van der Waals surface area contributed by atoms with Crippen molar-refractivity contribution in [2.45, 2.75) is 19.5 Å². The van der Waals surface area contributed by atoms with E-state index in [2.05, 4.69) is 0 Å². The van der Waals surface area contributed by atoms with E-state index in [1.54, 1.807) is 13.8 Å². The molecule has 0 aliphatic carbocycles. The van der Waals surface area contributed by atoms with Crippen LogP contribution in [0, 0.1) is 0 Å². The van der Waals surface area contributed by atoms with E-state index < -0.39 is 5.66 Å². The Morgan fingerprint density at radius 3 is 2.50 bits per heavy atom. The Labute approximate surface area is 85.6 Å². The zero-order chi connectivity index (χ0) is 10.3. The molecule has 1 aliphatic heterocycles. The van der Waals surface area contributed by atoms with Gasteiger partial charge in [-0.25, -0.2) is 0 Å². The minimum atomic E-state index is -0.806. The summed E-state index contributed by atoms with van der Waals surface area (Å²) in [5.41, 5.74) is -0.188. The van der Waals surface area contributed by atoms with Gasteiger partial charge in [0.25, 0.3) is 0 Å². The van der Waals surface area contributed by atoms with Crippen molar-refractivity contribution >= 4 is 23.3 Å². The molecule has 0 saturated heterocycles. The third kappa shape index (κ3) is 1.13. The van der Waals surface area contributed by atoms with Crippen molar-refractivity contribution in [2.75, 3.05) is 0 Å². The fraction of sp³-hybridized carbons (Fsp3) is 0.333. The maximum Gasteiger partial charge on any atom is 0.435 e. The van der Waals surface area contributed by atoms with Gasteiger partial charge in [0.2, 0.25) is 0 Å². The van der Waals surface area contributed by atoms with Gasteiger partial charge in [0.1, 0.15) is 4.88 Å². The van der Waals surface area contributed by atoms with E-state index in [0.717, 1.165) is 14.4 Å². The van der Waals surface area contributed by atoms with Crippen molar-refractivity contribution in [1.29, 1.82) is 0 Å². The summed E-state index contributed by atoms with van der Waals surface area (Å²) in [7, 11) is 0. The number of hydroxylamine groups is 2. The first kappa shape index (κ1) is 9.21. The highest BCUT2D eigenvalue weighted by molar-refractivity contribution is 7.12. The molecule has 0 fully saturated rings. The zero-order valence-corrected chi connectivity index (χ0v) is 8.82. The normalized spacial score (nSPS) is 20.0. The molecule has 2 N–H and O–H groups in total. The van der Waals surface area contributed by atoms with Crippen LogP contribution < -0.4 is 0 Å². The van der Waals surface area contributed by atoms with Gasteiger partial charge in [-0.15, -0.1) is 11.3 Å². The molecule has 0 saturated carbocycles. The lowest BCUT2D eigenvalue weighted by atomic mass is 10.3. The highest BCUT2D eigenvalue weighted by atomic mass is 32.1. The number of hydrogen-bond acceptors (Lipinski definition) is 3. The van der Waals surface area contributed by atoms with Gasteiger partial charge in [0.15, 0.2) is 0 Å². The lowest BCUT2D eigenvalue weighted by molar-refractivity contribution is -0.995. The molecule has 0 amide bonds. The molecular weight excluding hydrogens is 200 g/mol. The minimum Gasteiger partial charge on any atom is -0.284 e. The molecule has 14 heavy (non-hydrogen) atoms. The third-order valence-corrected chi connectivity index (χ3v) is 3.22. The van der Waals surface area contributed by atoms with E-state index in [1.807, 2.05) is 17.5 Å². The summed E-state index contributed by atoms with van der Waals surface area (Å²) in [5.74, 6) is 0. The molecule has 0 radical (unpaired) electrons. The SMILES string of the molecule is CC1(C)[N+](O)=CC(c2cccs2)=[N+]1O. The molecule has 0 atom stereocenters. The summed E-state index contributed by atoms with van der Waals surface area (Å²) in [6, 6.07) is 3.80. The van der Waals surface area contributed by atoms with Gasteiger partial charge in [-0.2, -0.15) is 0 Å². The van der Waals surface area contributed by atoms with Crippen molar-refractivity contribution in [3.8, 4) is 0 Å². The van der Waals surface area contributed by atoms with Crippen LogP contribution in [0.2, 0.25) is 0 Å². The zero-order valence-electron chi connectivity index (χ0n) is 8.01. The smallest absolute Gasteiger partial charge is 0.284 e. The molecule has 74 valence electrons. The summed E-state index contributed by atoms with van der Waals surface area (Å²) in [6.45, 7) is 3.45. The lowest BCUT2D eigenvalue weighted by Crippen LogP contribution is -2.40. The van der Waals surface area contributed by atoms with Crippen LogP contribution in [0.4, 0.5) is 0 Å². The molecule has 0 aromatic carbocycles. The average molecular weight is 212 g/mol. The standard InChI is InChI=1S/C9H12N2O2S/c1-9(2)10(12)6-7(11(9)13)8-4-3-5-14-8/h3-6,12-13H,1-2H3/q+2. The Balaban J connectivity index is 2.53. The molecule has 2 heterocycles. The molecule has 1 aliphatic rings. The first-order valence-electron chi connectivity index (χ1n) is 4.26. The van der Waals surface area contributed by atoms with Gasteiger partial charge < -0.3 is 0 Å². The number of hydrogen-bond donors (Lipinski definition) is 2. The molecule has 0 spiro atoms. The van der Waals surface area contributed by atoms with Crippen molar-refractivity contribution < 1.29 is 19.9 Å².